The lowest BCUT2D eigenvalue weighted by atomic mass is 10.2. The molecule has 0 aliphatic carbocycles. The van der Waals surface area contributed by atoms with E-state index in [0.29, 0.717) is 0 Å². The van der Waals surface area contributed by atoms with E-state index >= 15 is 0 Å². The summed E-state index contributed by atoms with van der Waals surface area (Å²) in [5.41, 5.74) is -5.46. The molecular weight excluding hydrogens is 128 g/mol. The number of carbonyl (C=O) groups excluding carboxylic acids is 1. The predicted molar refractivity (Wildman–Crippen MR) is 32.1 cm³/mol. The molecule has 0 aromatic carbocycles. The number of ether oxygens (including phenoxy) is 1. The number of halogens is 1. The van der Waals surface area contributed by atoms with Gasteiger partial charge in [-0.3, -0.25) is 0 Å². The molecule has 0 amide bonds. The van der Waals surface area contributed by atoms with E-state index in [1.165, 1.54) is 0 Å². The zero-order valence-electron chi connectivity index (χ0n) is 12.7. The standard InChI is InChI=1S/C5H9ClO2/c1-5(2,3)8-4(6)7/h1-3H3/i1D3,2D3,3D3. The van der Waals surface area contributed by atoms with Gasteiger partial charge in [-0.25, -0.2) is 4.79 Å². The zero-order chi connectivity index (χ0) is 14.3. The van der Waals surface area contributed by atoms with E-state index in [1.807, 2.05) is 0 Å². The molecule has 48 valence electrons. The SMILES string of the molecule is [2H]C([2H])([2H])C(OC(=O)Cl)(C([2H])([2H])[2H])C([2H])([2H])[2H]. The molecule has 0 saturated heterocycles. The number of hydrogen-bond acceptors (Lipinski definition) is 2. The van der Waals surface area contributed by atoms with Gasteiger partial charge in [-0.05, 0) is 20.6 Å². The van der Waals surface area contributed by atoms with E-state index in [1.54, 1.807) is 0 Å². The Bertz CT molecular complexity index is 264. The van der Waals surface area contributed by atoms with E-state index in [2.05, 4.69) is 4.74 Å². The van der Waals surface area contributed by atoms with E-state index in [9.17, 15) is 4.79 Å². The number of hydrogen-bond donors (Lipinski definition) is 0. The topological polar surface area (TPSA) is 26.3 Å². The van der Waals surface area contributed by atoms with Crippen LogP contribution in [0.15, 0.2) is 0 Å². The third kappa shape index (κ3) is 5.76. The second-order valence-electron chi connectivity index (χ2n) is 1.02. The summed E-state index contributed by atoms with van der Waals surface area (Å²) in [4.78, 5) is 10.6. The molecule has 0 atom stereocenters. The van der Waals surface area contributed by atoms with Gasteiger partial charge in [0.25, 0.3) is 0 Å². The van der Waals surface area contributed by atoms with Gasteiger partial charge in [-0.2, -0.15) is 0 Å². The van der Waals surface area contributed by atoms with Crippen molar-refractivity contribution in [2.75, 3.05) is 0 Å². The van der Waals surface area contributed by atoms with Gasteiger partial charge in [0, 0.05) is 23.9 Å². The fraction of sp³-hybridized carbons (Fsp3) is 0.800. The molecule has 0 saturated carbocycles. The Morgan fingerprint density at radius 2 is 2.25 bits per heavy atom. The number of carbonyl (C=O) groups is 1. The minimum atomic E-state index is -3.65. The monoisotopic (exact) mass is 145 g/mol. The molecule has 0 aromatic rings. The highest BCUT2D eigenvalue weighted by molar-refractivity contribution is 6.61. The van der Waals surface area contributed by atoms with Crippen LogP contribution in [0.1, 0.15) is 32.9 Å². The normalized spacial score (nSPS) is 32.4. The van der Waals surface area contributed by atoms with Gasteiger partial charge in [-0.15, -0.1) is 0 Å². The predicted octanol–water partition coefficient (Wildman–Crippen LogP) is 2.16. The van der Waals surface area contributed by atoms with Crippen LogP contribution < -0.4 is 0 Å². The lowest BCUT2D eigenvalue weighted by Crippen LogP contribution is -2.20. The second-order valence-corrected chi connectivity index (χ2v) is 1.33. The van der Waals surface area contributed by atoms with Crippen LogP contribution in [0.25, 0.3) is 0 Å². The van der Waals surface area contributed by atoms with Crippen LogP contribution >= 0.6 is 11.6 Å². The van der Waals surface area contributed by atoms with Crippen molar-refractivity contribution in [1.82, 2.24) is 0 Å². The summed E-state index contributed by atoms with van der Waals surface area (Å²) in [6.45, 7) is -10.8. The molecular formula is C5H9ClO2. The van der Waals surface area contributed by atoms with Crippen molar-refractivity contribution in [2.45, 2.75) is 26.2 Å². The molecule has 0 spiro atoms. The smallest absolute Gasteiger partial charge is 0.404 e. The Morgan fingerprint density at radius 1 is 1.75 bits per heavy atom. The molecule has 0 fully saturated rings. The summed E-state index contributed by atoms with van der Waals surface area (Å²) in [6, 6.07) is 0. The summed E-state index contributed by atoms with van der Waals surface area (Å²) in [6.07, 6.45) is 0. The summed E-state index contributed by atoms with van der Waals surface area (Å²) >= 11 is 4.77. The Morgan fingerprint density at radius 3 is 2.38 bits per heavy atom. The molecule has 8 heavy (non-hydrogen) atoms. The lowest BCUT2D eigenvalue weighted by molar-refractivity contribution is 0.0725. The number of rotatable bonds is 0. The van der Waals surface area contributed by atoms with Crippen LogP contribution in [0, 0.1) is 0 Å². The molecule has 0 N–H and O–H groups in total. The maximum absolute atomic E-state index is 10.6. The third-order valence-corrected chi connectivity index (χ3v) is 0.310. The highest BCUT2D eigenvalue weighted by atomic mass is 35.5. The van der Waals surface area contributed by atoms with Gasteiger partial charge in [-0.1, -0.05) is 0 Å². The van der Waals surface area contributed by atoms with Gasteiger partial charge in [0.1, 0.15) is 5.60 Å². The van der Waals surface area contributed by atoms with Crippen molar-refractivity contribution < 1.29 is 21.9 Å². The summed E-state index contributed by atoms with van der Waals surface area (Å²) < 4.78 is 67.1. The fourth-order valence-corrected chi connectivity index (χ4v) is 0.236. The van der Waals surface area contributed by atoms with Crippen LogP contribution in [0.5, 0.6) is 0 Å². The average molecular weight is 146 g/mol. The first kappa shape index (κ1) is 1.43. The molecule has 0 unspecified atom stereocenters. The quantitative estimate of drug-likeness (QED) is 0.489. The lowest BCUT2D eigenvalue weighted by Gasteiger charge is -2.16. The van der Waals surface area contributed by atoms with E-state index < -0.39 is 31.6 Å². The molecule has 0 aliphatic rings. The Hall–Kier alpha value is -0.240. The van der Waals surface area contributed by atoms with Crippen LogP contribution in [0.4, 0.5) is 4.79 Å². The van der Waals surface area contributed by atoms with Crippen LogP contribution in [-0.2, 0) is 4.74 Å². The van der Waals surface area contributed by atoms with Gasteiger partial charge >= 0.3 is 5.43 Å². The largest absolute Gasteiger partial charge is 0.448 e. The molecule has 3 heteroatoms. The Kier molecular flexibility index (Phi) is 0.420. The van der Waals surface area contributed by atoms with Crippen LogP contribution in [-0.4, -0.2) is 11.0 Å². The van der Waals surface area contributed by atoms with Crippen LogP contribution in [0.2, 0.25) is 0 Å². The first-order chi connectivity index (χ1) is 7.17. The fourth-order valence-electron chi connectivity index (χ4n) is 0.120. The summed E-state index contributed by atoms with van der Waals surface area (Å²) in [7, 11) is 0. The minimum absolute atomic E-state index is 1.81. The third-order valence-electron chi connectivity index (χ3n) is 0.233. The molecule has 0 aromatic heterocycles. The van der Waals surface area contributed by atoms with Gasteiger partial charge in [0.15, 0.2) is 0 Å². The summed E-state index contributed by atoms with van der Waals surface area (Å²) in [5.74, 6) is 0. The highest BCUT2D eigenvalue weighted by Gasteiger charge is 2.13. The molecule has 0 radical (unpaired) electrons. The Labute approximate surface area is 66.4 Å². The molecule has 0 heterocycles. The van der Waals surface area contributed by atoms with Crippen LogP contribution in [0.3, 0.4) is 0 Å². The van der Waals surface area contributed by atoms with E-state index in [0.717, 1.165) is 0 Å². The summed E-state index contributed by atoms with van der Waals surface area (Å²) in [5, 5.41) is 0. The maximum Gasteiger partial charge on any atom is 0.404 e. The van der Waals surface area contributed by atoms with Crippen molar-refractivity contribution in [2.24, 2.45) is 0 Å². The van der Waals surface area contributed by atoms with E-state index in [4.69, 9.17) is 23.9 Å². The van der Waals surface area contributed by atoms with Crippen molar-refractivity contribution in [1.29, 1.82) is 0 Å². The van der Waals surface area contributed by atoms with Gasteiger partial charge in [0.05, 0.1) is 0 Å². The van der Waals surface area contributed by atoms with Gasteiger partial charge < -0.3 is 4.74 Å². The zero-order valence-corrected chi connectivity index (χ0v) is 4.45. The van der Waals surface area contributed by atoms with Crippen molar-refractivity contribution in [3.8, 4) is 0 Å². The highest BCUT2D eigenvalue weighted by Crippen LogP contribution is 2.08. The van der Waals surface area contributed by atoms with Crippen molar-refractivity contribution in [3.05, 3.63) is 0 Å². The first-order valence-corrected chi connectivity index (χ1v) is 1.93. The average Bonchev–Trinajstić information content (AvgIpc) is 1.91. The maximum atomic E-state index is 10.6. The minimum Gasteiger partial charge on any atom is -0.448 e. The first-order valence-electron chi connectivity index (χ1n) is 6.05. The van der Waals surface area contributed by atoms with Crippen molar-refractivity contribution >= 4 is 17.0 Å². The molecule has 0 aliphatic heterocycles. The van der Waals surface area contributed by atoms with Gasteiger partial charge in [0.2, 0.25) is 0 Å². The molecule has 0 rings (SSSR count). The molecule has 0 bridgehead atoms. The Balaban J connectivity index is 6.02. The second kappa shape index (κ2) is 2.35. The van der Waals surface area contributed by atoms with Crippen molar-refractivity contribution in [3.63, 3.8) is 0 Å². The molecule has 2 nitrogen and oxygen atoms in total. The van der Waals surface area contributed by atoms with E-state index in [-0.39, 0.29) is 0 Å².